The van der Waals surface area contributed by atoms with Gasteiger partial charge < -0.3 is 10.2 Å². The number of amides is 1. The molecule has 5 nitrogen and oxygen atoms in total. The Morgan fingerprint density at radius 3 is 2.68 bits per heavy atom. The molecule has 0 atom stereocenters. The van der Waals surface area contributed by atoms with E-state index >= 15 is 0 Å². The smallest absolute Gasteiger partial charge is 0.243 e. The van der Waals surface area contributed by atoms with Crippen LogP contribution < -0.4 is 10.2 Å². The molecule has 0 aliphatic carbocycles. The SMILES string of the molecule is CSc1ccc(N(C)CC(=O)Nc2ccc(Br)cc2C)nn1. The number of rotatable bonds is 5. The Hall–Kier alpha value is -1.60. The number of aryl methyl sites for hydroxylation is 1. The molecule has 2 aromatic rings. The molecular formula is C15H17BrN4OS. The summed E-state index contributed by atoms with van der Waals surface area (Å²) in [5, 5.41) is 11.9. The minimum atomic E-state index is -0.0938. The van der Waals surface area contributed by atoms with Gasteiger partial charge in [-0.05, 0) is 49.1 Å². The van der Waals surface area contributed by atoms with E-state index < -0.39 is 0 Å². The predicted octanol–water partition coefficient (Wildman–Crippen LogP) is 3.34. The zero-order chi connectivity index (χ0) is 16.1. The maximum Gasteiger partial charge on any atom is 0.243 e. The van der Waals surface area contributed by atoms with E-state index in [0.717, 1.165) is 20.7 Å². The number of anilines is 2. The molecule has 0 fully saturated rings. The van der Waals surface area contributed by atoms with Gasteiger partial charge in [-0.1, -0.05) is 15.9 Å². The van der Waals surface area contributed by atoms with Gasteiger partial charge in [0.1, 0.15) is 5.03 Å². The molecule has 0 saturated heterocycles. The van der Waals surface area contributed by atoms with Crippen LogP contribution in [0.25, 0.3) is 0 Å². The Kier molecular flexibility index (Phi) is 5.79. The van der Waals surface area contributed by atoms with Crippen molar-refractivity contribution in [1.82, 2.24) is 10.2 Å². The molecule has 1 N–H and O–H groups in total. The fourth-order valence-electron chi connectivity index (χ4n) is 1.88. The van der Waals surface area contributed by atoms with Crippen molar-refractivity contribution < 1.29 is 4.79 Å². The third-order valence-corrected chi connectivity index (χ3v) is 4.20. The second-order valence-electron chi connectivity index (χ2n) is 4.80. The molecule has 0 aliphatic rings. The number of likely N-dealkylation sites (N-methyl/N-ethyl adjacent to an activating group) is 1. The van der Waals surface area contributed by atoms with Gasteiger partial charge in [-0.2, -0.15) is 0 Å². The van der Waals surface area contributed by atoms with Crippen LogP contribution in [0.4, 0.5) is 11.5 Å². The number of thioether (sulfide) groups is 1. The van der Waals surface area contributed by atoms with Gasteiger partial charge in [-0.25, -0.2) is 0 Å². The number of carbonyl (C=O) groups excluding carboxylic acids is 1. The second-order valence-corrected chi connectivity index (χ2v) is 6.54. The molecule has 1 aromatic heterocycles. The Balaban J connectivity index is 1.98. The molecule has 1 aromatic carbocycles. The summed E-state index contributed by atoms with van der Waals surface area (Å²) < 4.78 is 0.990. The highest BCUT2D eigenvalue weighted by molar-refractivity contribution is 9.10. The van der Waals surface area contributed by atoms with Crippen LogP contribution in [0.15, 0.2) is 39.8 Å². The maximum atomic E-state index is 12.1. The number of hydrogen-bond acceptors (Lipinski definition) is 5. The zero-order valence-corrected chi connectivity index (χ0v) is 15.0. The molecule has 1 amide bonds. The molecule has 0 aliphatic heterocycles. The van der Waals surface area contributed by atoms with Crippen LogP contribution in [-0.4, -0.2) is 36.0 Å². The van der Waals surface area contributed by atoms with Gasteiger partial charge in [-0.15, -0.1) is 22.0 Å². The number of hydrogen-bond donors (Lipinski definition) is 1. The molecule has 7 heteroatoms. The monoisotopic (exact) mass is 380 g/mol. The van der Waals surface area contributed by atoms with Crippen molar-refractivity contribution in [3.63, 3.8) is 0 Å². The van der Waals surface area contributed by atoms with Crippen molar-refractivity contribution in [2.75, 3.05) is 30.1 Å². The van der Waals surface area contributed by atoms with Crippen molar-refractivity contribution in [3.05, 3.63) is 40.4 Å². The number of carbonyl (C=O) groups is 1. The molecule has 116 valence electrons. The molecule has 0 radical (unpaired) electrons. The van der Waals surface area contributed by atoms with Gasteiger partial charge in [-0.3, -0.25) is 4.79 Å². The summed E-state index contributed by atoms with van der Waals surface area (Å²) in [6.45, 7) is 2.17. The van der Waals surface area contributed by atoms with E-state index in [2.05, 4.69) is 31.4 Å². The van der Waals surface area contributed by atoms with Crippen LogP contribution in [0, 0.1) is 6.92 Å². The highest BCUT2D eigenvalue weighted by atomic mass is 79.9. The van der Waals surface area contributed by atoms with Crippen molar-refractivity contribution in [2.24, 2.45) is 0 Å². The van der Waals surface area contributed by atoms with Crippen LogP contribution in [0.3, 0.4) is 0 Å². The van der Waals surface area contributed by atoms with Crippen molar-refractivity contribution in [1.29, 1.82) is 0 Å². The normalized spacial score (nSPS) is 10.4. The van der Waals surface area contributed by atoms with E-state index in [9.17, 15) is 4.79 Å². The van der Waals surface area contributed by atoms with Crippen LogP contribution >= 0.6 is 27.7 Å². The first-order chi connectivity index (χ1) is 10.5. The second kappa shape index (κ2) is 7.60. The van der Waals surface area contributed by atoms with Crippen LogP contribution in [0.2, 0.25) is 0 Å². The largest absolute Gasteiger partial charge is 0.349 e. The molecule has 22 heavy (non-hydrogen) atoms. The van der Waals surface area contributed by atoms with Gasteiger partial charge in [0.15, 0.2) is 5.82 Å². The molecule has 0 saturated carbocycles. The Labute approximate surface area is 142 Å². The van der Waals surface area contributed by atoms with Crippen molar-refractivity contribution in [3.8, 4) is 0 Å². The lowest BCUT2D eigenvalue weighted by Crippen LogP contribution is -2.30. The van der Waals surface area contributed by atoms with E-state index in [1.807, 2.05) is 50.6 Å². The zero-order valence-electron chi connectivity index (χ0n) is 12.6. The lowest BCUT2D eigenvalue weighted by molar-refractivity contribution is -0.114. The molecule has 2 rings (SSSR count). The summed E-state index contributed by atoms with van der Waals surface area (Å²) in [5.41, 5.74) is 1.82. The summed E-state index contributed by atoms with van der Waals surface area (Å²) in [6.07, 6.45) is 1.95. The molecule has 0 bridgehead atoms. The number of nitrogens with zero attached hydrogens (tertiary/aromatic N) is 3. The minimum Gasteiger partial charge on any atom is -0.349 e. The Morgan fingerprint density at radius 1 is 1.32 bits per heavy atom. The lowest BCUT2D eigenvalue weighted by atomic mass is 10.2. The van der Waals surface area contributed by atoms with E-state index in [1.54, 1.807) is 4.90 Å². The van der Waals surface area contributed by atoms with E-state index in [1.165, 1.54) is 11.8 Å². The molecule has 0 unspecified atom stereocenters. The predicted molar refractivity (Wildman–Crippen MR) is 94.6 cm³/mol. The van der Waals surface area contributed by atoms with Crippen LogP contribution in [0.1, 0.15) is 5.56 Å². The first kappa shape index (κ1) is 16.8. The fraction of sp³-hybridized carbons (Fsp3) is 0.267. The minimum absolute atomic E-state index is 0.0938. The van der Waals surface area contributed by atoms with E-state index in [4.69, 9.17) is 0 Å². The number of aromatic nitrogens is 2. The van der Waals surface area contributed by atoms with Crippen LogP contribution in [-0.2, 0) is 4.79 Å². The quantitative estimate of drug-likeness (QED) is 0.805. The first-order valence-corrected chi connectivity index (χ1v) is 8.66. The highest BCUT2D eigenvalue weighted by Crippen LogP contribution is 2.20. The third kappa shape index (κ3) is 4.45. The molecule has 0 spiro atoms. The maximum absolute atomic E-state index is 12.1. The number of benzene rings is 1. The van der Waals surface area contributed by atoms with Gasteiger partial charge in [0.05, 0.1) is 6.54 Å². The summed E-state index contributed by atoms with van der Waals surface area (Å²) >= 11 is 4.94. The summed E-state index contributed by atoms with van der Waals surface area (Å²) in [7, 11) is 1.82. The van der Waals surface area contributed by atoms with Crippen molar-refractivity contribution >= 4 is 45.1 Å². The average Bonchev–Trinajstić information content (AvgIpc) is 2.50. The standard InChI is InChI=1S/C15H17BrN4OS/c1-10-8-11(16)4-5-12(10)17-14(21)9-20(2)13-6-7-15(22-3)19-18-13/h4-8H,9H2,1-3H3,(H,17,21). The fourth-order valence-corrected chi connectivity index (χ4v) is 2.68. The van der Waals surface area contributed by atoms with Crippen molar-refractivity contribution in [2.45, 2.75) is 11.9 Å². The highest BCUT2D eigenvalue weighted by Gasteiger charge is 2.10. The summed E-state index contributed by atoms with van der Waals surface area (Å²) in [5.74, 6) is 0.573. The van der Waals surface area contributed by atoms with Gasteiger partial charge in [0.2, 0.25) is 5.91 Å². The Morgan fingerprint density at radius 2 is 2.09 bits per heavy atom. The van der Waals surface area contributed by atoms with Gasteiger partial charge in [0, 0.05) is 17.2 Å². The Bertz CT molecular complexity index is 663. The van der Waals surface area contributed by atoms with Crippen LogP contribution in [0.5, 0.6) is 0 Å². The molecular weight excluding hydrogens is 364 g/mol. The number of halogens is 1. The van der Waals surface area contributed by atoms with Gasteiger partial charge >= 0.3 is 0 Å². The summed E-state index contributed by atoms with van der Waals surface area (Å²) in [4.78, 5) is 13.9. The third-order valence-electron chi connectivity index (χ3n) is 3.07. The average molecular weight is 381 g/mol. The topological polar surface area (TPSA) is 58.1 Å². The van der Waals surface area contributed by atoms with E-state index in [-0.39, 0.29) is 12.5 Å². The molecule has 1 heterocycles. The number of nitrogens with one attached hydrogen (secondary N) is 1. The summed E-state index contributed by atoms with van der Waals surface area (Å²) in [6, 6.07) is 9.49. The van der Waals surface area contributed by atoms with E-state index in [0.29, 0.717) is 5.82 Å². The van der Waals surface area contributed by atoms with Gasteiger partial charge in [0.25, 0.3) is 0 Å². The lowest BCUT2D eigenvalue weighted by Gasteiger charge is -2.17. The first-order valence-electron chi connectivity index (χ1n) is 6.64.